The van der Waals surface area contributed by atoms with Gasteiger partial charge >= 0.3 is 0 Å². The first-order valence-corrected chi connectivity index (χ1v) is 6.31. The largest absolute Gasteiger partial charge is 0.489 e. The van der Waals surface area contributed by atoms with Crippen LogP contribution in [0.1, 0.15) is 21.5 Å². The van der Waals surface area contributed by atoms with Crippen LogP contribution in [0.4, 0.5) is 0 Å². The molecule has 0 aliphatic rings. The Morgan fingerprint density at radius 2 is 1.75 bits per heavy atom. The van der Waals surface area contributed by atoms with Gasteiger partial charge in [0.25, 0.3) is 0 Å². The van der Waals surface area contributed by atoms with Crippen molar-refractivity contribution < 1.29 is 14.6 Å². The van der Waals surface area contributed by atoms with E-state index in [9.17, 15) is 4.79 Å². The van der Waals surface area contributed by atoms with Crippen LogP contribution in [-0.4, -0.2) is 17.5 Å². The Morgan fingerprint density at radius 3 is 2.30 bits per heavy atom. The molecule has 2 rings (SSSR count). The number of ether oxygens (including phenoxy) is 1. The molecular weight excluding hydrogens is 252 g/mol. The summed E-state index contributed by atoms with van der Waals surface area (Å²) >= 11 is 0. The molecule has 2 aromatic carbocycles. The van der Waals surface area contributed by atoms with Crippen LogP contribution in [0.25, 0.3) is 6.08 Å². The van der Waals surface area contributed by atoms with E-state index < -0.39 is 6.61 Å². The number of benzene rings is 2. The summed E-state index contributed by atoms with van der Waals surface area (Å²) in [4.78, 5) is 11.3. The van der Waals surface area contributed by atoms with E-state index in [1.807, 2.05) is 24.3 Å². The molecule has 2 aromatic rings. The molecule has 0 heterocycles. The molecule has 0 atom stereocenters. The van der Waals surface area contributed by atoms with Gasteiger partial charge in [-0.2, -0.15) is 0 Å². The molecule has 0 saturated heterocycles. The first-order chi connectivity index (χ1) is 9.72. The van der Waals surface area contributed by atoms with Crippen LogP contribution >= 0.6 is 0 Å². The smallest absolute Gasteiger partial charge is 0.188 e. The molecule has 0 unspecified atom stereocenters. The van der Waals surface area contributed by atoms with Gasteiger partial charge in [0.2, 0.25) is 0 Å². The van der Waals surface area contributed by atoms with E-state index in [1.165, 1.54) is 0 Å². The van der Waals surface area contributed by atoms with Crippen LogP contribution in [0.5, 0.6) is 5.75 Å². The summed E-state index contributed by atoms with van der Waals surface area (Å²) in [5.41, 5.74) is 2.61. The van der Waals surface area contributed by atoms with Crippen LogP contribution in [0.15, 0.2) is 55.1 Å². The number of rotatable bonds is 6. The average Bonchev–Trinajstić information content (AvgIpc) is 2.53. The quantitative estimate of drug-likeness (QED) is 0.819. The number of ketones is 1. The van der Waals surface area contributed by atoms with Gasteiger partial charge in [-0.15, -0.1) is 0 Å². The number of hydrogen-bond acceptors (Lipinski definition) is 3. The van der Waals surface area contributed by atoms with Gasteiger partial charge in [0.05, 0.1) is 0 Å². The van der Waals surface area contributed by atoms with Crippen molar-refractivity contribution in [1.29, 1.82) is 0 Å². The molecule has 0 bridgehead atoms. The van der Waals surface area contributed by atoms with Gasteiger partial charge in [-0.25, -0.2) is 0 Å². The number of aliphatic hydroxyl groups excluding tert-OH is 1. The van der Waals surface area contributed by atoms with Crippen molar-refractivity contribution in [2.75, 3.05) is 6.61 Å². The highest BCUT2D eigenvalue weighted by atomic mass is 16.5. The molecule has 1 N–H and O–H groups in total. The SMILES string of the molecule is C=Cc1ccc(COc2ccc(C(=O)CO)cc2)cc1. The summed E-state index contributed by atoms with van der Waals surface area (Å²) in [6.07, 6.45) is 1.79. The third kappa shape index (κ3) is 3.56. The zero-order valence-electron chi connectivity index (χ0n) is 11.1. The third-order valence-electron chi connectivity index (χ3n) is 2.94. The molecule has 0 aliphatic heterocycles. The summed E-state index contributed by atoms with van der Waals surface area (Å²) in [5.74, 6) is 0.392. The van der Waals surface area contributed by atoms with Crippen molar-refractivity contribution in [3.63, 3.8) is 0 Å². The van der Waals surface area contributed by atoms with Crippen LogP contribution in [0.2, 0.25) is 0 Å². The standard InChI is InChI=1S/C17H16O3/c1-2-13-3-5-14(6-4-13)12-20-16-9-7-15(8-10-16)17(19)11-18/h2-10,18H,1,11-12H2. The van der Waals surface area contributed by atoms with Gasteiger partial charge in [-0.05, 0) is 35.4 Å². The number of carbonyl (C=O) groups excluding carboxylic acids is 1. The second-order valence-electron chi connectivity index (χ2n) is 4.34. The molecule has 0 aromatic heterocycles. The van der Waals surface area contributed by atoms with Crippen molar-refractivity contribution in [2.45, 2.75) is 6.61 Å². The molecule has 3 nitrogen and oxygen atoms in total. The van der Waals surface area contributed by atoms with Crippen LogP contribution < -0.4 is 4.74 Å². The van der Waals surface area contributed by atoms with Crippen molar-refractivity contribution in [1.82, 2.24) is 0 Å². The van der Waals surface area contributed by atoms with Gasteiger partial charge in [-0.3, -0.25) is 4.79 Å². The zero-order chi connectivity index (χ0) is 14.4. The zero-order valence-corrected chi connectivity index (χ0v) is 11.1. The fourth-order valence-corrected chi connectivity index (χ4v) is 1.74. The van der Waals surface area contributed by atoms with E-state index in [0.717, 1.165) is 11.1 Å². The van der Waals surface area contributed by atoms with Crippen molar-refractivity contribution in [3.05, 3.63) is 71.8 Å². The van der Waals surface area contributed by atoms with E-state index in [0.29, 0.717) is 17.9 Å². The van der Waals surface area contributed by atoms with E-state index in [2.05, 4.69) is 6.58 Å². The van der Waals surface area contributed by atoms with Crippen molar-refractivity contribution in [2.24, 2.45) is 0 Å². The highest BCUT2D eigenvalue weighted by molar-refractivity contribution is 5.96. The number of aliphatic hydroxyl groups is 1. The van der Waals surface area contributed by atoms with Crippen molar-refractivity contribution >= 4 is 11.9 Å². The van der Waals surface area contributed by atoms with Crippen LogP contribution in [-0.2, 0) is 6.61 Å². The normalized spacial score (nSPS) is 10.1. The Bertz CT molecular complexity index is 583. The first-order valence-electron chi connectivity index (χ1n) is 6.31. The molecule has 0 saturated carbocycles. The fraction of sp³-hybridized carbons (Fsp3) is 0.118. The Morgan fingerprint density at radius 1 is 1.10 bits per heavy atom. The molecule has 0 spiro atoms. The maximum absolute atomic E-state index is 11.3. The van der Waals surface area contributed by atoms with Gasteiger partial charge in [0, 0.05) is 5.56 Å². The highest BCUT2D eigenvalue weighted by Gasteiger charge is 2.03. The molecule has 0 aliphatic carbocycles. The van der Waals surface area contributed by atoms with E-state index in [-0.39, 0.29) is 5.78 Å². The van der Waals surface area contributed by atoms with E-state index >= 15 is 0 Å². The minimum Gasteiger partial charge on any atom is -0.489 e. The lowest BCUT2D eigenvalue weighted by molar-refractivity contribution is 0.0903. The maximum Gasteiger partial charge on any atom is 0.188 e. The molecule has 0 fully saturated rings. The second-order valence-corrected chi connectivity index (χ2v) is 4.34. The number of Topliss-reactive ketones (excluding diaryl/α,β-unsaturated/α-hetero) is 1. The van der Waals surface area contributed by atoms with Gasteiger partial charge in [0.15, 0.2) is 5.78 Å². The average molecular weight is 268 g/mol. The minimum atomic E-state index is -0.476. The lowest BCUT2D eigenvalue weighted by atomic mass is 10.1. The first kappa shape index (κ1) is 14.0. The predicted molar refractivity (Wildman–Crippen MR) is 78.7 cm³/mol. The summed E-state index contributed by atoms with van der Waals surface area (Å²) in [6.45, 7) is 3.69. The number of carbonyl (C=O) groups is 1. The summed E-state index contributed by atoms with van der Waals surface area (Å²) < 4.78 is 5.63. The second kappa shape index (κ2) is 6.68. The molecule has 3 heteroatoms. The van der Waals surface area contributed by atoms with E-state index in [1.54, 1.807) is 30.3 Å². The highest BCUT2D eigenvalue weighted by Crippen LogP contribution is 2.15. The maximum atomic E-state index is 11.3. The Balaban J connectivity index is 1.96. The van der Waals surface area contributed by atoms with Gasteiger partial charge in [0.1, 0.15) is 19.0 Å². The Hall–Kier alpha value is -2.39. The molecular formula is C17H16O3. The monoisotopic (exact) mass is 268 g/mol. The lowest BCUT2D eigenvalue weighted by Crippen LogP contribution is -2.04. The van der Waals surface area contributed by atoms with Gasteiger partial charge < -0.3 is 9.84 Å². The summed E-state index contributed by atoms with van der Waals surface area (Å²) in [5, 5.41) is 8.76. The lowest BCUT2D eigenvalue weighted by Gasteiger charge is -2.07. The predicted octanol–water partition coefficient (Wildman–Crippen LogP) is 3.08. The molecule has 102 valence electrons. The molecule has 20 heavy (non-hydrogen) atoms. The topological polar surface area (TPSA) is 46.5 Å². The number of hydrogen-bond donors (Lipinski definition) is 1. The van der Waals surface area contributed by atoms with Gasteiger partial charge in [-0.1, -0.05) is 36.9 Å². The Kier molecular flexibility index (Phi) is 4.69. The third-order valence-corrected chi connectivity index (χ3v) is 2.94. The summed E-state index contributed by atoms with van der Waals surface area (Å²) in [7, 11) is 0. The fourth-order valence-electron chi connectivity index (χ4n) is 1.74. The van der Waals surface area contributed by atoms with Crippen LogP contribution in [0.3, 0.4) is 0 Å². The minimum absolute atomic E-state index is 0.295. The molecule has 0 amide bonds. The summed E-state index contributed by atoms with van der Waals surface area (Å²) in [6, 6.07) is 14.7. The van der Waals surface area contributed by atoms with Crippen LogP contribution in [0, 0.1) is 0 Å². The van der Waals surface area contributed by atoms with Crippen molar-refractivity contribution in [3.8, 4) is 5.75 Å². The van der Waals surface area contributed by atoms with E-state index in [4.69, 9.17) is 9.84 Å². The molecule has 0 radical (unpaired) electrons. The Labute approximate surface area is 118 Å².